The summed E-state index contributed by atoms with van der Waals surface area (Å²) in [4.78, 5) is 12.6. The van der Waals surface area contributed by atoms with Crippen molar-refractivity contribution in [1.29, 1.82) is 10.5 Å². The molecule has 3 rings (SSSR count). The number of hydrogen-bond acceptors (Lipinski definition) is 4. The predicted molar refractivity (Wildman–Crippen MR) is 107 cm³/mol. The molecule has 1 amide bonds. The van der Waals surface area contributed by atoms with Gasteiger partial charge in [0.1, 0.15) is 23.9 Å². The van der Waals surface area contributed by atoms with Gasteiger partial charge in [0.25, 0.3) is 5.91 Å². The molecule has 1 N–H and O–H groups in total. The van der Waals surface area contributed by atoms with E-state index in [0.29, 0.717) is 23.6 Å². The zero-order chi connectivity index (χ0) is 19.9. The van der Waals surface area contributed by atoms with Crippen LogP contribution in [0.1, 0.15) is 12.5 Å². The van der Waals surface area contributed by atoms with Crippen LogP contribution < -0.4 is 10.1 Å². The van der Waals surface area contributed by atoms with Crippen molar-refractivity contribution >= 4 is 28.6 Å². The Morgan fingerprint density at radius 1 is 1.21 bits per heavy atom. The molecule has 0 fully saturated rings. The van der Waals surface area contributed by atoms with Crippen molar-refractivity contribution < 1.29 is 9.53 Å². The molecule has 3 aromatic rings. The number of benzene rings is 2. The number of rotatable bonds is 6. The van der Waals surface area contributed by atoms with Crippen molar-refractivity contribution in [2.75, 3.05) is 11.9 Å². The van der Waals surface area contributed by atoms with Gasteiger partial charge in [-0.2, -0.15) is 10.5 Å². The summed E-state index contributed by atoms with van der Waals surface area (Å²) in [5.41, 5.74) is 2.10. The topological polar surface area (TPSA) is 90.8 Å². The van der Waals surface area contributed by atoms with Crippen LogP contribution in [0.5, 0.6) is 5.75 Å². The lowest BCUT2D eigenvalue weighted by atomic mass is 10.1. The number of para-hydroxylation sites is 1. The largest absolute Gasteiger partial charge is 0.494 e. The second kappa shape index (κ2) is 8.57. The molecule has 0 unspecified atom stereocenters. The molecule has 0 radical (unpaired) electrons. The van der Waals surface area contributed by atoms with E-state index in [0.717, 1.165) is 10.9 Å². The van der Waals surface area contributed by atoms with E-state index in [1.807, 2.05) is 37.3 Å². The monoisotopic (exact) mass is 370 g/mol. The molecular weight excluding hydrogens is 352 g/mol. The maximum atomic E-state index is 12.6. The second-order valence-corrected chi connectivity index (χ2v) is 5.97. The van der Waals surface area contributed by atoms with Gasteiger partial charge in [-0.05, 0) is 31.2 Å². The van der Waals surface area contributed by atoms with Crippen LogP contribution in [0.3, 0.4) is 0 Å². The number of aromatic nitrogens is 1. The van der Waals surface area contributed by atoms with Crippen LogP contribution in [0.15, 0.2) is 60.3 Å². The second-order valence-electron chi connectivity index (χ2n) is 5.97. The number of hydrogen-bond donors (Lipinski definition) is 1. The highest BCUT2D eigenvalue weighted by Gasteiger charge is 2.13. The van der Waals surface area contributed by atoms with Gasteiger partial charge in [0.05, 0.1) is 12.7 Å². The Labute approximate surface area is 162 Å². The van der Waals surface area contributed by atoms with E-state index in [2.05, 4.69) is 11.4 Å². The highest BCUT2D eigenvalue weighted by molar-refractivity contribution is 6.10. The molecule has 0 aliphatic rings. The van der Waals surface area contributed by atoms with E-state index in [1.54, 1.807) is 35.0 Å². The summed E-state index contributed by atoms with van der Waals surface area (Å²) in [5, 5.41) is 22.1. The molecule has 138 valence electrons. The summed E-state index contributed by atoms with van der Waals surface area (Å²) >= 11 is 0. The normalized spacial score (nSPS) is 10.9. The van der Waals surface area contributed by atoms with Gasteiger partial charge >= 0.3 is 0 Å². The van der Waals surface area contributed by atoms with Crippen molar-refractivity contribution in [2.24, 2.45) is 0 Å². The summed E-state index contributed by atoms with van der Waals surface area (Å²) in [6.45, 7) is 2.59. The SMILES string of the molecule is CCOc1cccc(NC(=O)/C(C#N)=C\c2cn(CC#N)c3ccccc23)c1. The summed E-state index contributed by atoms with van der Waals surface area (Å²) in [6.07, 6.45) is 3.31. The summed E-state index contributed by atoms with van der Waals surface area (Å²) in [7, 11) is 0. The van der Waals surface area contributed by atoms with Crippen molar-refractivity contribution in [3.8, 4) is 17.9 Å². The Hall–Kier alpha value is -4.03. The van der Waals surface area contributed by atoms with Gasteiger partial charge in [0.15, 0.2) is 0 Å². The molecular formula is C22H18N4O2. The van der Waals surface area contributed by atoms with E-state index in [4.69, 9.17) is 10.00 Å². The van der Waals surface area contributed by atoms with Gasteiger partial charge < -0.3 is 14.6 Å². The first-order chi connectivity index (χ1) is 13.7. The average molecular weight is 370 g/mol. The fraction of sp³-hybridized carbons (Fsp3) is 0.136. The zero-order valence-electron chi connectivity index (χ0n) is 15.3. The minimum atomic E-state index is -0.506. The van der Waals surface area contributed by atoms with E-state index in [-0.39, 0.29) is 12.1 Å². The summed E-state index contributed by atoms with van der Waals surface area (Å²) < 4.78 is 7.22. The zero-order valence-corrected chi connectivity index (χ0v) is 15.3. The molecule has 0 aliphatic heterocycles. The highest BCUT2D eigenvalue weighted by atomic mass is 16.5. The summed E-state index contributed by atoms with van der Waals surface area (Å²) in [6, 6.07) is 18.6. The third-order valence-corrected chi connectivity index (χ3v) is 4.13. The van der Waals surface area contributed by atoms with Crippen LogP contribution in [-0.4, -0.2) is 17.1 Å². The molecule has 6 nitrogen and oxygen atoms in total. The lowest BCUT2D eigenvalue weighted by molar-refractivity contribution is -0.112. The van der Waals surface area contributed by atoms with Crippen LogP contribution in [-0.2, 0) is 11.3 Å². The van der Waals surface area contributed by atoms with Gasteiger partial charge in [0.2, 0.25) is 0 Å². The Morgan fingerprint density at radius 2 is 2.04 bits per heavy atom. The standard InChI is InChI=1S/C22H18N4O2/c1-2-28-19-7-5-6-18(13-19)25-22(27)16(14-24)12-17-15-26(11-10-23)21-9-4-3-8-20(17)21/h3-9,12-13,15H,2,11H2,1H3,(H,25,27)/b16-12-. The predicted octanol–water partition coefficient (Wildman–Crippen LogP) is 4.11. The summed E-state index contributed by atoms with van der Waals surface area (Å²) in [5.74, 6) is 0.135. The average Bonchev–Trinajstić information content (AvgIpc) is 3.04. The molecule has 0 aliphatic carbocycles. The smallest absolute Gasteiger partial charge is 0.266 e. The van der Waals surface area contributed by atoms with E-state index >= 15 is 0 Å². The molecule has 0 saturated heterocycles. The third kappa shape index (κ3) is 4.03. The van der Waals surface area contributed by atoms with Gasteiger partial charge in [-0.25, -0.2) is 0 Å². The molecule has 2 aromatic carbocycles. The molecule has 6 heteroatoms. The Morgan fingerprint density at radius 3 is 2.79 bits per heavy atom. The molecule has 1 aromatic heterocycles. The van der Waals surface area contributed by atoms with Gasteiger partial charge in [0, 0.05) is 34.4 Å². The first kappa shape index (κ1) is 18.8. The maximum absolute atomic E-state index is 12.6. The van der Waals surface area contributed by atoms with E-state index in [1.165, 1.54) is 6.08 Å². The number of anilines is 1. The Kier molecular flexibility index (Phi) is 5.74. The highest BCUT2D eigenvalue weighted by Crippen LogP contribution is 2.24. The number of nitrogens with zero attached hydrogens (tertiary/aromatic N) is 3. The molecule has 28 heavy (non-hydrogen) atoms. The number of nitriles is 2. The number of ether oxygens (including phenoxy) is 1. The quantitative estimate of drug-likeness (QED) is 0.522. The Balaban J connectivity index is 1.91. The number of nitrogens with one attached hydrogen (secondary N) is 1. The van der Waals surface area contributed by atoms with E-state index in [9.17, 15) is 10.1 Å². The maximum Gasteiger partial charge on any atom is 0.266 e. The molecule has 1 heterocycles. The van der Waals surface area contributed by atoms with Gasteiger partial charge in [-0.3, -0.25) is 4.79 Å². The van der Waals surface area contributed by atoms with Crippen LogP contribution in [0.25, 0.3) is 17.0 Å². The van der Waals surface area contributed by atoms with Crippen LogP contribution in [0.4, 0.5) is 5.69 Å². The first-order valence-electron chi connectivity index (χ1n) is 8.77. The number of carbonyl (C=O) groups excluding carboxylic acids is 1. The molecule has 0 spiro atoms. The fourth-order valence-corrected chi connectivity index (χ4v) is 2.93. The minimum Gasteiger partial charge on any atom is -0.494 e. The first-order valence-corrected chi connectivity index (χ1v) is 8.77. The van der Waals surface area contributed by atoms with Crippen molar-refractivity contribution in [3.05, 3.63) is 65.9 Å². The molecule has 0 bridgehead atoms. The number of carbonyl (C=O) groups is 1. The van der Waals surface area contributed by atoms with Gasteiger partial charge in [-0.1, -0.05) is 24.3 Å². The van der Waals surface area contributed by atoms with Crippen LogP contribution >= 0.6 is 0 Å². The van der Waals surface area contributed by atoms with Crippen LogP contribution in [0.2, 0.25) is 0 Å². The number of fused-ring (bicyclic) bond motifs is 1. The Bertz CT molecular complexity index is 1130. The molecule has 0 saturated carbocycles. The van der Waals surface area contributed by atoms with Crippen molar-refractivity contribution in [3.63, 3.8) is 0 Å². The minimum absolute atomic E-state index is 0.0262. The lowest BCUT2D eigenvalue weighted by Crippen LogP contribution is -2.13. The number of amides is 1. The van der Waals surface area contributed by atoms with Gasteiger partial charge in [-0.15, -0.1) is 0 Å². The van der Waals surface area contributed by atoms with Crippen molar-refractivity contribution in [2.45, 2.75) is 13.5 Å². The third-order valence-electron chi connectivity index (χ3n) is 4.13. The van der Waals surface area contributed by atoms with Crippen molar-refractivity contribution in [1.82, 2.24) is 4.57 Å². The van der Waals surface area contributed by atoms with E-state index < -0.39 is 5.91 Å². The van der Waals surface area contributed by atoms with Crippen LogP contribution in [0, 0.1) is 22.7 Å². The molecule has 0 atom stereocenters. The lowest BCUT2D eigenvalue weighted by Gasteiger charge is -2.07. The fourth-order valence-electron chi connectivity index (χ4n) is 2.93.